The number of furan rings is 1. The molecule has 0 unspecified atom stereocenters. The van der Waals surface area contributed by atoms with Crippen molar-refractivity contribution >= 4 is 11.9 Å². The minimum Gasteiger partial charge on any atom is -0.472 e. The summed E-state index contributed by atoms with van der Waals surface area (Å²) < 4.78 is 5.23. The number of aromatic nitrogens is 2. The molecule has 2 aromatic heterocycles. The third-order valence-corrected chi connectivity index (χ3v) is 4.98. The molecule has 0 amide bonds. The summed E-state index contributed by atoms with van der Waals surface area (Å²) in [5, 5.41) is 3.09. The Bertz CT molecular complexity index is 762. The molecule has 7 heteroatoms. The van der Waals surface area contributed by atoms with Crippen molar-refractivity contribution in [1.29, 1.82) is 0 Å². The van der Waals surface area contributed by atoms with Gasteiger partial charge in [0.1, 0.15) is 0 Å². The van der Waals surface area contributed by atoms with Gasteiger partial charge in [0.15, 0.2) is 5.96 Å². The zero-order valence-corrected chi connectivity index (χ0v) is 14.5. The number of nitrogens with two attached hydrogens (primary N) is 1. The number of nitrogens with zero attached hydrogens (tertiary/aromatic N) is 4. The first-order valence-corrected chi connectivity index (χ1v) is 8.90. The smallest absolute Gasteiger partial charge is 0.230 e. The van der Waals surface area contributed by atoms with Crippen molar-refractivity contribution in [2.75, 3.05) is 25.5 Å². The highest BCUT2D eigenvalue weighted by Gasteiger charge is 2.21. The highest BCUT2D eigenvalue weighted by molar-refractivity contribution is 5.91. The van der Waals surface area contributed by atoms with Crippen LogP contribution in [0.3, 0.4) is 0 Å². The van der Waals surface area contributed by atoms with E-state index in [1.807, 2.05) is 6.07 Å². The molecule has 2 aromatic rings. The van der Waals surface area contributed by atoms with Crippen LogP contribution in [0.1, 0.15) is 30.5 Å². The summed E-state index contributed by atoms with van der Waals surface area (Å²) in [4.78, 5) is 16.3. The van der Waals surface area contributed by atoms with Gasteiger partial charge in [-0.15, -0.1) is 0 Å². The van der Waals surface area contributed by atoms with Crippen molar-refractivity contribution in [2.24, 2.45) is 10.7 Å². The van der Waals surface area contributed by atoms with E-state index in [4.69, 9.17) is 10.2 Å². The molecule has 0 radical (unpaired) electrons. The summed E-state index contributed by atoms with van der Waals surface area (Å²) in [5.41, 5.74) is 10.3. The van der Waals surface area contributed by atoms with Gasteiger partial charge in [0, 0.05) is 16.8 Å². The zero-order valence-electron chi connectivity index (χ0n) is 14.5. The van der Waals surface area contributed by atoms with Crippen LogP contribution < -0.4 is 11.1 Å². The lowest BCUT2D eigenvalue weighted by molar-refractivity contribution is 0.257. The maximum atomic E-state index is 6.11. The largest absolute Gasteiger partial charge is 0.472 e. The number of hydrogen-bond acceptors (Lipinski definition) is 5. The van der Waals surface area contributed by atoms with Gasteiger partial charge in [-0.1, -0.05) is 0 Å². The van der Waals surface area contributed by atoms with E-state index in [0.29, 0.717) is 11.9 Å². The van der Waals surface area contributed by atoms with Gasteiger partial charge in [0.05, 0.1) is 24.3 Å². The second-order valence-electron chi connectivity index (χ2n) is 6.86. The lowest BCUT2D eigenvalue weighted by Crippen LogP contribution is -2.34. The van der Waals surface area contributed by atoms with Gasteiger partial charge in [-0.05, 0) is 58.3 Å². The maximum Gasteiger partial charge on any atom is 0.230 e. The molecule has 0 atom stereocenters. The molecule has 0 aromatic carbocycles. The Morgan fingerprint density at radius 2 is 2.16 bits per heavy atom. The van der Waals surface area contributed by atoms with Crippen LogP contribution in [0.4, 0.5) is 5.95 Å². The van der Waals surface area contributed by atoms with E-state index in [1.54, 1.807) is 12.5 Å². The van der Waals surface area contributed by atoms with E-state index in [9.17, 15) is 0 Å². The molecule has 3 heterocycles. The second-order valence-corrected chi connectivity index (χ2v) is 6.86. The van der Waals surface area contributed by atoms with Gasteiger partial charge in [-0.3, -0.25) is 5.32 Å². The van der Waals surface area contributed by atoms with E-state index >= 15 is 0 Å². The highest BCUT2D eigenvalue weighted by Crippen LogP contribution is 2.31. The summed E-state index contributed by atoms with van der Waals surface area (Å²) in [6, 6.07) is 2.20. The van der Waals surface area contributed by atoms with Crippen LogP contribution >= 0.6 is 0 Å². The minimum absolute atomic E-state index is 0.270. The predicted octanol–water partition coefficient (Wildman–Crippen LogP) is 2.05. The number of nitrogens with one attached hydrogen (secondary N) is 1. The lowest BCUT2D eigenvalue weighted by Gasteiger charge is -2.26. The number of rotatable bonds is 3. The van der Waals surface area contributed by atoms with Crippen LogP contribution in [-0.4, -0.2) is 47.0 Å². The fraction of sp³-hybridized carbons (Fsp3) is 0.500. The first kappa shape index (κ1) is 16.1. The van der Waals surface area contributed by atoms with Gasteiger partial charge >= 0.3 is 0 Å². The van der Waals surface area contributed by atoms with Crippen LogP contribution in [0, 0.1) is 0 Å². The molecule has 3 N–H and O–H groups in total. The monoisotopic (exact) mass is 340 g/mol. The third-order valence-electron chi connectivity index (χ3n) is 4.98. The SMILES string of the molecule is CN1CCC(N=C(N)Nc2nc3c(c(-c4ccoc4)n2)CCC3)CC1. The maximum absolute atomic E-state index is 6.11. The molecule has 2 aliphatic rings. The van der Waals surface area contributed by atoms with Crippen molar-refractivity contribution in [3.05, 3.63) is 29.9 Å². The third kappa shape index (κ3) is 3.51. The Morgan fingerprint density at radius 3 is 2.92 bits per heavy atom. The average molecular weight is 340 g/mol. The molecule has 0 bridgehead atoms. The molecule has 1 aliphatic heterocycles. The van der Waals surface area contributed by atoms with E-state index in [-0.39, 0.29) is 6.04 Å². The van der Waals surface area contributed by atoms with Gasteiger partial charge in [0.25, 0.3) is 0 Å². The molecule has 1 fully saturated rings. The quantitative estimate of drug-likeness (QED) is 0.656. The van der Waals surface area contributed by atoms with Crippen LogP contribution in [0.2, 0.25) is 0 Å². The number of likely N-dealkylation sites (tertiary alicyclic amines) is 1. The van der Waals surface area contributed by atoms with Crippen molar-refractivity contribution in [3.8, 4) is 11.3 Å². The average Bonchev–Trinajstić information content (AvgIpc) is 3.27. The summed E-state index contributed by atoms with van der Waals surface area (Å²) in [6.45, 7) is 2.11. The normalized spacial score (nSPS) is 19.2. The Hall–Kier alpha value is -2.41. The summed E-state index contributed by atoms with van der Waals surface area (Å²) in [5.74, 6) is 0.914. The predicted molar refractivity (Wildman–Crippen MR) is 97.5 cm³/mol. The van der Waals surface area contributed by atoms with Gasteiger partial charge in [0.2, 0.25) is 5.95 Å². The number of piperidine rings is 1. The molecule has 25 heavy (non-hydrogen) atoms. The lowest BCUT2D eigenvalue weighted by atomic mass is 10.1. The molecule has 132 valence electrons. The topological polar surface area (TPSA) is 92.6 Å². The van der Waals surface area contributed by atoms with Gasteiger partial charge in [-0.25, -0.2) is 15.0 Å². The van der Waals surface area contributed by atoms with Crippen molar-refractivity contribution in [1.82, 2.24) is 14.9 Å². The number of anilines is 1. The Labute approximate surface area is 147 Å². The fourth-order valence-corrected chi connectivity index (χ4v) is 3.59. The van der Waals surface area contributed by atoms with Crippen molar-refractivity contribution < 1.29 is 4.42 Å². The minimum atomic E-state index is 0.270. The van der Waals surface area contributed by atoms with Crippen LogP contribution in [0.15, 0.2) is 28.0 Å². The zero-order chi connectivity index (χ0) is 17.2. The van der Waals surface area contributed by atoms with Gasteiger partial charge < -0.3 is 15.1 Å². The summed E-state index contributed by atoms with van der Waals surface area (Å²) in [7, 11) is 2.14. The Kier molecular flexibility index (Phi) is 4.40. The van der Waals surface area contributed by atoms with E-state index in [0.717, 1.165) is 62.1 Å². The second kappa shape index (κ2) is 6.84. The van der Waals surface area contributed by atoms with Crippen LogP contribution in [-0.2, 0) is 12.8 Å². The first-order chi connectivity index (χ1) is 12.2. The van der Waals surface area contributed by atoms with E-state index in [2.05, 4.69) is 32.2 Å². The molecule has 1 saturated heterocycles. The number of fused-ring (bicyclic) bond motifs is 1. The molecular weight excluding hydrogens is 316 g/mol. The highest BCUT2D eigenvalue weighted by atomic mass is 16.3. The number of aryl methyl sites for hydroxylation is 1. The van der Waals surface area contributed by atoms with Crippen LogP contribution in [0.5, 0.6) is 0 Å². The van der Waals surface area contributed by atoms with Crippen molar-refractivity contribution in [3.63, 3.8) is 0 Å². The number of aliphatic imine (C=N–C) groups is 1. The van der Waals surface area contributed by atoms with Crippen molar-refractivity contribution in [2.45, 2.75) is 38.1 Å². The summed E-state index contributed by atoms with van der Waals surface area (Å²) >= 11 is 0. The Morgan fingerprint density at radius 1 is 1.32 bits per heavy atom. The Balaban J connectivity index is 1.55. The fourth-order valence-electron chi connectivity index (χ4n) is 3.59. The molecule has 4 rings (SSSR count). The number of guanidine groups is 1. The number of hydrogen-bond donors (Lipinski definition) is 2. The summed E-state index contributed by atoms with van der Waals surface area (Å²) in [6.07, 6.45) is 8.55. The van der Waals surface area contributed by atoms with E-state index < -0.39 is 0 Å². The molecule has 0 saturated carbocycles. The molecule has 1 aliphatic carbocycles. The van der Waals surface area contributed by atoms with Gasteiger partial charge in [-0.2, -0.15) is 0 Å². The van der Waals surface area contributed by atoms with E-state index in [1.165, 1.54) is 5.56 Å². The van der Waals surface area contributed by atoms with Crippen LogP contribution in [0.25, 0.3) is 11.3 Å². The standard InChI is InChI=1S/C18H24N6O/c1-24-8-5-13(6-9-24)20-17(19)23-18-21-15-4-2-3-14(15)16(22-18)12-7-10-25-11-12/h7,10-11,13H,2-6,8-9H2,1H3,(H3,19,20,21,22,23). The molecule has 7 nitrogen and oxygen atoms in total. The molecule has 0 spiro atoms. The first-order valence-electron chi connectivity index (χ1n) is 8.90. The molecular formula is C18H24N6O.